The Bertz CT molecular complexity index is 278. The van der Waals surface area contributed by atoms with E-state index in [9.17, 15) is 4.79 Å². The molecule has 0 spiro atoms. The van der Waals surface area contributed by atoms with Crippen LogP contribution >= 0.6 is 0 Å². The van der Waals surface area contributed by atoms with Crippen LogP contribution < -0.4 is 5.32 Å². The molecule has 0 aromatic carbocycles. The zero-order valence-corrected chi connectivity index (χ0v) is 9.26. The van der Waals surface area contributed by atoms with E-state index in [-0.39, 0.29) is 11.9 Å². The van der Waals surface area contributed by atoms with Crippen molar-refractivity contribution in [2.45, 2.75) is 39.7 Å². The summed E-state index contributed by atoms with van der Waals surface area (Å²) in [5.74, 6) is 0.570. The van der Waals surface area contributed by atoms with Gasteiger partial charge in [0.05, 0.1) is 6.04 Å². The van der Waals surface area contributed by atoms with E-state index in [2.05, 4.69) is 31.8 Å². The Hall–Kier alpha value is -1.05. The third-order valence-corrected chi connectivity index (χ3v) is 2.87. The average molecular weight is 193 g/mol. The molecule has 1 N–H and O–H groups in total. The van der Waals surface area contributed by atoms with Crippen molar-refractivity contribution >= 4 is 5.91 Å². The van der Waals surface area contributed by atoms with E-state index in [1.54, 1.807) is 6.92 Å². The second-order valence-electron chi connectivity index (χ2n) is 4.22. The van der Waals surface area contributed by atoms with Gasteiger partial charge in [0.2, 0.25) is 5.91 Å². The largest absolute Gasteiger partial charge is 0.350 e. The van der Waals surface area contributed by atoms with Gasteiger partial charge in [-0.05, 0) is 32.6 Å². The van der Waals surface area contributed by atoms with Crippen molar-refractivity contribution in [1.82, 2.24) is 5.32 Å². The van der Waals surface area contributed by atoms with Gasteiger partial charge in [0, 0.05) is 6.92 Å². The van der Waals surface area contributed by atoms with Crippen molar-refractivity contribution in [1.29, 1.82) is 0 Å². The molecule has 0 aliphatic heterocycles. The van der Waals surface area contributed by atoms with E-state index in [1.165, 1.54) is 11.1 Å². The maximum atomic E-state index is 11.0. The van der Waals surface area contributed by atoms with Crippen molar-refractivity contribution < 1.29 is 4.79 Å². The predicted octanol–water partition coefficient (Wildman–Crippen LogP) is 2.42. The highest BCUT2D eigenvalue weighted by Gasteiger charge is 2.22. The maximum absolute atomic E-state index is 11.0. The highest BCUT2D eigenvalue weighted by atomic mass is 16.1. The Morgan fingerprint density at radius 3 is 2.71 bits per heavy atom. The van der Waals surface area contributed by atoms with Gasteiger partial charge in [-0.15, -0.1) is 0 Å². The molecule has 2 nitrogen and oxygen atoms in total. The molecule has 1 rings (SSSR count). The Kier molecular flexibility index (Phi) is 3.50. The molecule has 0 radical (unpaired) electrons. The Morgan fingerprint density at radius 1 is 1.57 bits per heavy atom. The Balaban J connectivity index is 2.66. The lowest BCUT2D eigenvalue weighted by Crippen LogP contribution is -2.37. The van der Waals surface area contributed by atoms with Crippen molar-refractivity contribution in [3.8, 4) is 0 Å². The molecule has 0 aromatic heterocycles. The quantitative estimate of drug-likeness (QED) is 0.670. The summed E-state index contributed by atoms with van der Waals surface area (Å²) in [6.07, 6.45) is 4.28. The third-order valence-electron chi connectivity index (χ3n) is 2.87. The number of carbonyl (C=O) groups is 1. The molecular formula is C12H19NO. The molecule has 14 heavy (non-hydrogen) atoms. The van der Waals surface area contributed by atoms with E-state index in [0.29, 0.717) is 5.92 Å². The lowest BCUT2D eigenvalue weighted by Gasteiger charge is -2.29. The van der Waals surface area contributed by atoms with E-state index in [0.717, 1.165) is 12.8 Å². The van der Waals surface area contributed by atoms with Gasteiger partial charge in [0.25, 0.3) is 0 Å². The summed E-state index contributed by atoms with van der Waals surface area (Å²) < 4.78 is 0. The summed E-state index contributed by atoms with van der Waals surface area (Å²) in [5.41, 5.74) is 2.49. The molecule has 0 bridgehead atoms. The van der Waals surface area contributed by atoms with E-state index >= 15 is 0 Å². The van der Waals surface area contributed by atoms with Crippen molar-refractivity contribution in [3.05, 3.63) is 23.8 Å². The minimum atomic E-state index is 0.0464. The molecule has 2 heteroatoms. The van der Waals surface area contributed by atoms with Gasteiger partial charge < -0.3 is 5.32 Å². The zero-order chi connectivity index (χ0) is 10.7. The molecule has 1 aliphatic rings. The van der Waals surface area contributed by atoms with Crippen LogP contribution in [0.15, 0.2) is 23.8 Å². The van der Waals surface area contributed by atoms with E-state index < -0.39 is 0 Å². The smallest absolute Gasteiger partial charge is 0.217 e. The lowest BCUT2D eigenvalue weighted by atomic mass is 9.83. The van der Waals surface area contributed by atoms with Crippen LogP contribution in [0.5, 0.6) is 0 Å². The first-order chi connectivity index (χ1) is 6.50. The van der Waals surface area contributed by atoms with Crippen LogP contribution in [0.25, 0.3) is 0 Å². The second-order valence-corrected chi connectivity index (χ2v) is 4.22. The molecule has 0 saturated carbocycles. The fourth-order valence-corrected chi connectivity index (χ4v) is 1.86. The molecule has 78 valence electrons. The minimum absolute atomic E-state index is 0.0464. The lowest BCUT2D eigenvalue weighted by molar-refractivity contribution is -0.119. The van der Waals surface area contributed by atoms with Crippen LogP contribution in [0.4, 0.5) is 0 Å². The molecule has 1 amide bonds. The topological polar surface area (TPSA) is 29.1 Å². The zero-order valence-electron chi connectivity index (χ0n) is 9.26. The molecule has 0 saturated heterocycles. The van der Waals surface area contributed by atoms with Gasteiger partial charge in [0.15, 0.2) is 0 Å². The number of amides is 1. The predicted molar refractivity (Wildman–Crippen MR) is 58.9 cm³/mol. The summed E-state index contributed by atoms with van der Waals surface area (Å²) in [4.78, 5) is 11.0. The van der Waals surface area contributed by atoms with Crippen LogP contribution in [-0.2, 0) is 4.79 Å². The second kappa shape index (κ2) is 4.45. The average Bonchev–Trinajstić information content (AvgIpc) is 2.07. The van der Waals surface area contributed by atoms with Gasteiger partial charge in [-0.1, -0.05) is 23.8 Å². The monoisotopic (exact) mass is 193 g/mol. The number of hydrogen-bond acceptors (Lipinski definition) is 1. The first-order valence-electron chi connectivity index (χ1n) is 5.10. The summed E-state index contributed by atoms with van der Waals surface area (Å²) in [6, 6.07) is 0.211. The van der Waals surface area contributed by atoms with Crippen molar-refractivity contribution in [2.24, 2.45) is 5.92 Å². The van der Waals surface area contributed by atoms with Crippen LogP contribution in [0.2, 0.25) is 0 Å². The molecule has 0 fully saturated rings. The minimum Gasteiger partial charge on any atom is -0.350 e. The van der Waals surface area contributed by atoms with E-state index in [1.807, 2.05) is 0 Å². The van der Waals surface area contributed by atoms with Crippen LogP contribution in [-0.4, -0.2) is 11.9 Å². The molecular weight excluding hydrogens is 174 g/mol. The number of nitrogens with one attached hydrogen (secondary N) is 1. The summed E-state index contributed by atoms with van der Waals surface area (Å²) >= 11 is 0. The third kappa shape index (κ3) is 2.72. The van der Waals surface area contributed by atoms with Gasteiger partial charge in [0.1, 0.15) is 0 Å². The number of carbonyl (C=O) groups excluding carboxylic acids is 1. The molecule has 1 aliphatic carbocycles. The summed E-state index contributed by atoms with van der Waals surface area (Å²) in [7, 11) is 0. The number of rotatable bonds is 2. The first-order valence-corrected chi connectivity index (χ1v) is 5.10. The van der Waals surface area contributed by atoms with Crippen LogP contribution in [0.3, 0.4) is 0 Å². The number of hydrogen-bond donors (Lipinski definition) is 1. The van der Waals surface area contributed by atoms with Crippen LogP contribution in [0, 0.1) is 5.92 Å². The summed E-state index contributed by atoms with van der Waals surface area (Å²) in [6.45, 7) is 9.68. The fraction of sp³-hybridized carbons (Fsp3) is 0.583. The Labute approximate surface area is 86.1 Å². The van der Waals surface area contributed by atoms with E-state index in [4.69, 9.17) is 0 Å². The van der Waals surface area contributed by atoms with Crippen molar-refractivity contribution in [3.63, 3.8) is 0 Å². The highest BCUT2D eigenvalue weighted by molar-refractivity contribution is 5.73. The molecule has 0 heterocycles. The molecule has 2 atom stereocenters. The maximum Gasteiger partial charge on any atom is 0.217 e. The van der Waals surface area contributed by atoms with Crippen LogP contribution in [0.1, 0.15) is 33.6 Å². The van der Waals surface area contributed by atoms with Gasteiger partial charge in [-0.3, -0.25) is 4.79 Å². The summed E-state index contributed by atoms with van der Waals surface area (Å²) in [5, 5.41) is 2.97. The van der Waals surface area contributed by atoms with Gasteiger partial charge >= 0.3 is 0 Å². The Morgan fingerprint density at radius 2 is 2.21 bits per heavy atom. The normalized spacial score (nSPS) is 26.6. The van der Waals surface area contributed by atoms with Crippen molar-refractivity contribution in [2.75, 3.05) is 0 Å². The highest BCUT2D eigenvalue weighted by Crippen LogP contribution is 2.28. The number of allylic oxidation sites excluding steroid dienone is 2. The standard InChI is InChI=1S/C12H19NO/c1-8(2)11-6-5-9(3)12(7-11)13-10(4)14/h5,11-12H,1,6-7H2,2-4H3,(H,13,14)/t11-,12?/m0/s1. The SMILES string of the molecule is C=C(C)[C@H]1CC=C(C)C(NC(C)=O)C1. The molecule has 1 unspecified atom stereocenters. The molecule has 0 aromatic rings. The first kappa shape index (κ1) is 11.0. The van der Waals surface area contributed by atoms with Gasteiger partial charge in [-0.2, -0.15) is 0 Å². The van der Waals surface area contributed by atoms with Gasteiger partial charge in [-0.25, -0.2) is 0 Å². The fourth-order valence-electron chi connectivity index (χ4n) is 1.86.